The van der Waals surface area contributed by atoms with Crippen LogP contribution in [0, 0.1) is 23.0 Å². The Morgan fingerprint density at radius 1 is 1.45 bits per heavy atom. The summed E-state index contributed by atoms with van der Waals surface area (Å²) in [5.41, 5.74) is 0.866. The Morgan fingerprint density at radius 3 is 2.80 bits per heavy atom. The number of nitro benzene ring substituents is 1. The number of non-ortho nitro benzene ring substituents is 1. The number of hydrogen-bond acceptors (Lipinski definition) is 4. The van der Waals surface area contributed by atoms with E-state index < -0.39 is 4.92 Å². The average Bonchev–Trinajstić information content (AvgIpc) is 2.80. The van der Waals surface area contributed by atoms with E-state index in [-0.39, 0.29) is 29.2 Å². The van der Waals surface area contributed by atoms with Crippen molar-refractivity contribution in [3.05, 3.63) is 39.4 Å². The number of benzene rings is 1. The maximum atomic E-state index is 12.0. The van der Waals surface area contributed by atoms with Crippen LogP contribution in [-0.2, 0) is 0 Å². The topological polar surface area (TPSA) is 92.5 Å². The first-order valence-corrected chi connectivity index (χ1v) is 6.69. The number of rotatable bonds is 4. The van der Waals surface area contributed by atoms with Crippen LogP contribution in [0.15, 0.2) is 18.2 Å². The summed E-state index contributed by atoms with van der Waals surface area (Å²) in [6.07, 6.45) is 2.28. The van der Waals surface area contributed by atoms with Crippen molar-refractivity contribution in [3.8, 4) is 0 Å². The molecule has 1 aliphatic carbocycles. The smallest absolute Gasteiger partial charge is 0.270 e. The van der Waals surface area contributed by atoms with Gasteiger partial charge in [0.1, 0.15) is 0 Å². The molecule has 108 valence electrons. The first-order valence-electron chi connectivity index (χ1n) is 6.69. The molecule has 1 fully saturated rings. The first kappa shape index (κ1) is 14.5. The van der Waals surface area contributed by atoms with Crippen molar-refractivity contribution in [2.24, 2.45) is 5.92 Å². The van der Waals surface area contributed by atoms with Crippen molar-refractivity contribution in [2.45, 2.75) is 32.3 Å². The summed E-state index contributed by atoms with van der Waals surface area (Å²) >= 11 is 0. The van der Waals surface area contributed by atoms with Crippen LogP contribution in [0.5, 0.6) is 0 Å². The van der Waals surface area contributed by atoms with E-state index in [0.717, 1.165) is 19.3 Å². The molecule has 1 saturated carbocycles. The SMILES string of the molecule is Cc1cc(C(=O)NCC2CCCC2O)cc([N+](=O)[O-])c1. The Bertz CT molecular complexity index is 530. The normalized spacial score (nSPS) is 21.7. The van der Waals surface area contributed by atoms with Gasteiger partial charge in [0.2, 0.25) is 0 Å². The predicted molar refractivity (Wildman–Crippen MR) is 73.5 cm³/mol. The predicted octanol–water partition coefficient (Wildman–Crippen LogP) is 1.79. The number of aliphatic hydroxyl groups excluding tert-OH is 1. The lowest BCUT2D eigenvalue weighted by Gasteiger charge is -2.15. The molecule has 0 saturated heterocycles. The molecule has 2 rings (SSSR count). The molecule has 1 amide bonds. The van der Waals surface area contributed by atoms with E-state index in [1.54, 1.807) is 13.0 Å². The van der Waals surface area contributed by atoms with E-state index in [2.05, 4.69) is 5.32 Å². The molecule has 1 aromatic rings. The van der Waals surface area contributed by atoms with Crippen LogP contribution in [0.1, 0.15) is 35.2 Å². The minimum Gasteiger partial charge on any atom is -0.393 e. The molecular weight excluding hydrogens is 260 g/mol. The van der Waals surface area contributed by atoms with E-state index in [4.69, 9.17) is 0 Å². The van der Waals surface area contributed by atoms with Gasteiger partial charge in [-0.2, -0.15) is 0 Å². The molecule has 2 N–H and O–H groups in total. The third-order valence-electron chi connectivity index (χ3n) is 3.68. The molecule has 2 atom stereocenters. The molecule has 6 nitrogen and oxygen atoms in total. The molecule has 1 aromatic carbocycles. The second kappa shape index (κ2) is 6.00. The molecule has 0 aromatic heterocycles. The quantitative estimate of drug-likeness (QED) is 0.648. The first-order chi connectivity index (χ1) is 9.47. The van der Waals surface area contributed by atoms with E-state index in [0.29, 0.717) is 12.1 Å². The van der Waals surface area contributed by atoms with Crippen LogP contribution in [0.25, 0.3) is 0 Å². The Balaban J connectivity index is 2.03. The molecule has 2 unspecified atom stereocenters. The van der Waals surface area contributed by atoms with Gasteiger partial charge >= 0.3 is 0 Å². The number of carbonyl (C=O) groups excluding carboxylic acids is 1. The lowest BCUT2D eigenvalue weighted by atomic mass is 10.1. The lowest BCUT2D eigenvalue weighted by Crippen LogP contribution is -2.32. The fourth-order valence-electron chi connectivity index (χ4n) is 2.58. The van der Waals surface area contributed by atoms with Gasteiger partial charge in [-0.05, 0) is 31.4 Å². The summed E-state index contributed by atoms with van der Waals surface area (Å²) in [6, 6.07) is 4.32. The summed E-state index contributed by atoms with van der Waals surface area (Å²) in [6.45, 7) is 2.12. The lowest BCUT2D eigenvalue weighted by molar-refractivity contribution is -0.384. The highest BCUT2D eigenvalue weighted by molar-refractivity contribution is 5.95. The number of nitrogens with one attached hydrogen (secondary N) is 1. The maximum absolute atomic E-state index is 12.0. The highest BCUT2D eigenvalue weighted by Crippen LogP contribution is 2.24. The van der Waals surface area contributed by atoms with Gasteiger partial charge in [0, 0.05) is 30.2 Å². The van der Waals surface area contributed by atoms with Gasteiger partial charge in [-0.15, -0.1) is 0 Å². The molecule has 0 bridgehead atoms. The van der Waals surface area contributed by atoms with Crippen LogP contribution in [0.3, 0.4) is 0 Å². The summed E-state index contributed by atoms with van der Waals surface area (Å²) in [5, 5.41) is 23.2. The standard InChI is InChI=1S/C14H18N2O4/c1-9-5-11(7-12(6-9)16(19)20)14(18)15-8-10-3-2-4-13(10)17/h5-7,10,13,17H,2-4,8H2,1H3,(H,15,18). The zero-order valence-electron chi connectivity index (χ0n) is 11.3. The molecule has 0 spiro atoms. The van der Waals surface area contributed by atoms with Gasteiger partial charge in [0.15, 0.2) is 0 Å². The van der Waals surface area contributed by atoms with Crippen molar-refractivity contribution in [1.82, 2.24) is 5.32 Å². The Labute approximate surface area is 117 Å². The minimum absolute atomic E-state index is 0.0822. The Hall–Kier alpha value is -1.95. The number of amides is 1. The second-order valence-corrected chi connectivity index (χ2v) is 5.28. The van der Waals surface area contributed by atoms with Crippen LogP contribution >= 0.6 is 0 Å². The maximum Gasteiger partial charge on any atom is 0.270 e. The fraction of sp³-hybridized carbons (Fsp3) is 0.500. The summed E-state index contributed by atoms with van der Waals surface area (Å²) in [7, 11) is 0. The third-order valence-corrected chi connectivity index (χ3v) is 3.68. The zero-order chi connectivity index (χ0) is 14.7. The highest BCUT2D eigenvalue weighted by atomic mass is 16.6. The zero-order valence-corrected chi connectivity index (χ0v) is 11.3. The highest BCUT2D eigenvalue weighted by Gasteiger charge is 2.25. The number of aliphatic hydroxyl groups is 1. The fourth-order valence-corrected chi connectivity index (χ4v) is 2.58. The largest absolute Gasteiger partial charge is 0.393 e. The van der Waals surface area contributed by atoms with E-state index in [1.807, 2.05) is 0 Å². The summed E-state index contributed by atoms with van der Waals surface area (Å²) in [4.78, 5) is 22.3. The molecule has 0 radical (unpaired) electrons. The molecule has 20 heavy (non-hydrogen) atoms. The summed E-state index contributed by atoms with van der Waals surface area (Å²) < 4.78 is 0. The van der Waals surface area contributed by atoms with E-state index >= 15 is 0 Å². The van der Waals surface area contributed by atoms with Crippen molar-refractivity contribution < 1.29 is 14.8 Å². The van der Waals surface area contributed by atoms with Crippen LogP contribution < -0.4 is 5.32 Å². The summed E-state index contributed by atoms with van der Waals surface area (Å²) in [5.74, 6) is -0.255. The third kappa shape index (κ3) is 3.33. The minimum atomic E-state index is -0.509. The van der Waals surface area contributed by atoms with Gasteiger partial charge in [-0.1, -0.05) is 6.42 Å². The van der Waals surface area contributed by atoms with Crippen molar-refractivity contribution in [3.63, 3.8) is 0 Å². The van der Waals surface area contributed by atoms with Crippen LogP contribution in [0.2, 0.25) is 0 Å². The van der Waals surface area contributed by atoms with Crippen molar-refractivity contribution in [1.29, 1.82) is 0 Å². The monoisotopic (exact) mass is 278 g/mol. The van der Waals surface area contributed by atoms with Gasteiger partial charge < -0.3 is 10.4 Å². The molecule has 0 heterocycles. The van der Waals surface area contributed by atoms with Crippen molar-refractivity contribution >= 4 is 11.6 Å². The number of nitro groups is 1. The van der Waals surface area contributed by atoms with Crippen molar-refractivity contribution in [2.75, 3.05) is 6.54 Å². The molecular formula is C14H18N2O4. The number of hydrogen-bond donors (Lipinski definition) is 2. The van der Waals surface area contributed by atoms with E-state index in [9.17, 15) is 20.0 Å². The molecule has 6 heteroatoms. The van der Waals surface area contributed by atoms with Gasteiger partial charge in [-0.25, -0.2) is 0 Å². The molecule has 0 aliphatic heterocycles. The number of aryl methyl sites for hydroxylation is 1. The molecule has 1 aliphatic rings. The number of nitrogens with zero attached hydrogens (tertiary/aromatic N) is 1. The Kier molecular flexibility index (Phi) is 4.34. The second-order valence-electron chi connectivity index (χ2n) is 5.28. The van der Waals surface area contributed by atoms with Gasteiger partial charge in [0.25, 0.3) is 11.6 Å². The van der Waals surface area contributed by atoms with Crippen LogP contribution in [-0.4, -0.2) is 28.6 Å². The number of carbonyl (C=O) groups is 1. The average molecular weight is 278 g/mol. The Morgan fingerprint density at radius 2 is 2.20 bits per heavy atom. The van der Waals surface area contributed by atoms with Crippen LogP contribution in [0.4, 0.5) is 5.69 Å². The van der Waals surface area contributed by atoms with E-state index in [1.165, 1.54) is 12.1 Å². The van der Waals surface area contributed by atoms with Gasteiger partial charge in [-0.3, -0.25) is 14.9 Å². The van der Waals surface area contributed by atoms with Gasteiger partial charge in [0.05, 0.1) is 11.0 Å².